The number of aromatic carboxylic acids is 1. The number of pyridine rings is 1. The van der Waals surface area contributed by atoms with Gasteiger partial charge in [-0.05, 0) is 36.4 Å². The molecule has 2 N–H and O–H groups in total. The molecular weight excluding hydrogens is 448 g/mol. The molecule has 0 amide bonds. The summed E-state index contributed by atoms with van der Waals surface area (Å²) in [5.41, 5.74) is 5.85. The van der Waals surface area contributed by atoms with E-state index in [0.717, 1.165) is 10.2 Å². The number of hydrazone groups is 1. The molecule has 10 heteroatoms. The Hall–Kier alpha value is -3.63. The second-order valence-corrected chi connectivity index (χ2v) is 10.3. The molecule has 8 nitrogen and oxygen atoms in total. The average Bonchev–Trinajstić information content (AvgIpc) is 3.21. The van der Waals surface area contributed by atoms with Crippen molar-refractivity contribution in [1.82, 2.24) is 9.97 Å². The van der Waals surface area contributed by atoms with Gasteiger partial charge in [0.1, 0.15) is 5.69 Å². The number of nitrogens with one attached hydrogen (secondary N) is 1. The van der Waals surface area contributed by atoms with Crippen LogP contribution in [0.25, 0.3) is 21.5 Å². The summed E-state index contributed by atoms with van der Waals surface area (Å²) in [6.07, 6.45) is 0.249. The van der Waals surface area contributed by atoms with Gasteiger partial charge in [0.2, 0.25) is 5.13 Å². The Balaban J connectivity index is 1.55. The molecule has 1 aliphatic rings. The van der Waals surface area contributed by atoms with E-state index in [1.165, 1.54) is 23.5 Å². The quantitative estimate of drug-likeness (QED) is 0.437. The minimum atomic E-state index is -3.44. The number of carboxylic acid groups (broad SMARTS) is 1. The number of carbonyl (C=O) groups is 1. The van der Waals surface area contributed by atoms with Crippen LogP contribution in [0.3, 0.4) is 0 Å². The van der Waals surface area contributed by atoms with Crippen molar-refractivity contribution in [3.63, 3.8) is 0 Å². The topological polar surface area (TPSA) is 122 Å². The van der Waals surface area contributed by atoms with Crippen LogP contribution in [0.1, 0.15) is 22.5 Å². The Morgan fingerprint density at radius 1 is 1.06 bits per heavy atom. The highest BCUT2D eigenvalue weighted by Gasteiger charge is 2.28. The molecule has 160 valence electrons. The summed E-state index contributed by atoms with van der Waals surface area (Å²) in [6.45, 7) is 0. The number of hydrogen-bond donors (Lipinski definition) is 2. The summed E-state index contributed by atoms with van der Waals surface area (Å²) >= 11 is 1.46. The Kier molecular flexibility index (Phi) is 4.95. The number of rotatable bonds is 4. The van der Waals surface area contributed by atoms with Crippen molar-refractivity contribution >= 4 is 48.2 Å². The fraction of sp³-hybridized carbons (Fsp3) is 0.0909. The van der Waals surface area contributed by atoms with E-state index in [1.807, 2.05) is 24.3 Å². The molecule has 0 saturated carbocycles. The van der Waals surface area contributed by atoms with Crippen molar-refractivity contribution < 1.29 is 18.3 Å². The molecule has 5 rings (SSSR count). The third kappa shape index (κ3) is 3.74. The van der Waals surface area contributed by atoms with Crippen LogP contribution in [0.4, 0.5) is 5.13 Å². The number of anilines is 1. The predicted octanol–water partition coefficient (Wildman–Crippen LogP) is 4.05. The first-order valence-electron chi connectivity index (χ1n) is 9.67. The first kappa shape index (κ1) is 20.3. The lowest BCUT2D eigenvalue weighted by molar-refractivity contribution is 0.0690. The third-order valence-electron chi connectivity index (χ3n) is 5.08. The van der Waals surface area contributed by atoms with Crippen LogP contribution >= 0.6 is 11.3 Å². The maximum Gasteiger partial charge on any atom is 0.354 e. The van der Waals surface area contributed by atoms with Crippen LogP contribution in [0, 0.1) is 0 Å². The molecule has 0 radical (unpaired) electrons. The number of sulfone groups is 1. The molecule has 4 aromatic rings. The summed E-state index contributed by atoms with van der Waals surface area (Å²) in [5, 5.41) is 14.3. The second-order valence-electron chi connectivity index (χ2n) is 7.15. The molecule has 3 heterocycles. The van der Waals surface area contributed by atoms with Gasteiger partial charge < -0.3 is 5.11 Å². The van der Waals surface area contributed by atoms with Gasteiger partial charge in [0.05, 0.1) is 32.3 Å². The number of benzene rings is 2. The van der Waals surface area contributed by atoms with E-state index < -0.39 is 15.8 Å². The zero-order valence-electron chi connectivity index (χ0n) is 16.5. The monoisotopic (exact) mass is 464 g/mol. The lowest BCUT2D eigenvalue weighted by Crippen LogP contribution is -2.23. The molecule has 0 spiro atoms. The van der Waals surface area contributed by atoms with Gasteiger partial charge in [-0.1, -0.05) is 35.6 Å². The first-order valence-corrected chi connectivity index (χ1v) is 12.1. The SMILES string of the molecule is O=C(O)c1cccc(-c2ccc3c(c2)/C(=N/Nc2nc4ccccc4s2)CCS3(=O)=O)n1. The van der Waals surface area contributed by atoms with Crippen molar-refractivity contribution in [3.05, 3.63) is 71.9 Å². The van der Waals surface area contributed by atoms with Gasteiger partial charge in [-0.3, -0.25) is 5.43 Å². The van der Waals surface area contributed by atoms with Crippen LogP contribution in [-0.4, -0.2) is 40.9 Å². The summed E-state index contributed by atoms with van der Waals surface area (Å²) in [5.74, 6) is -1.17. The fourth-order valence-corrected chi connectivity index (χ4v) is 5.81. The van der Waals surface area contributed by atoms with E-state index in [9.17, 15) is 18.3 Å². The van der Waals surface area contributed by atoms with E-state index in [1.54, 1.807) is 24.3 Å². The largest absolute Gasteiger partial charge is 0.477 e. The van der Waals surface area contributed by atoms with Crippen LogP contribution in [-0.2, 0) is 9.84 Å². The highest BCUT2D eigenvalue weighted by atomic mass is 32.2. The van der Waals surface area contributed by atoms with Gasteiger partial charge in [-0.2, -0.15) is 5.10 Å². The van der Waals surface area contributed by atoms with E-state index in [2.05, 4.69) is 20.5 Å². The van der Waals surface area contributed by atoms with Crippen molar-refractivity contribution in [2.75, 3.05) is 11.2 Å². The van der Waals surface area contributed by atoms with E-state index in [0.29, 0.717) is 27.7 Å². The maximum atomic E-state index is 12.6. The third-order valence-corrected chi connectivity index (χ3v) is 7.79. The molecule has 2 aromatic heterocycles. The van der Waals surface area contributed by atoms with Gasteiger partial charge >= 0.3 is 5.97 Å². The normalized spacial score (nSPS) is 16.1. The lowest BCUT2D eigenvalue weighted by Gasteiger charge is -2.19. The van der Waals surface area contributed by atoms with Gasteiger partial charge in [0.15, 0.2) is 9.84 Å². The standard InChI is InChI=1S/C22H16N4O4S2/c27-21(28)18-6-3-5-15(23-18)13-8-9-20-14(12-13)16(10-11-32(20,29)30)25-26-22-24-17-4-1-2-7-19(17)31-22/h1-9,12H,10-11H2,(H,24,26)(H,27,28)/b25-16+. The predicted molar refractivity (Wildman–Crippen MR) is 123 cm³/mol. The Labute approximate surface area is 187 Å². The summed E-state index contributed by atoms with van der Waals surface area (Å²) in [4.78, 5) is 20.1. The summed E-state index contributed by atoms with van der Waals surface area (Å²) in [6, 6.07) is 17.3. The zero-order valence-corrected chi connectivity index (χ0v) is 18.2. The summed E-state index contributed by atoms with van der Waals surface area (Å²) in [7, 11) is -3.44. The Bertz CT molecular complexity index is 1480. The van der Waals surface area contributed by atoms with Gasteiger partial charge in [0.25, 0.3) is 0 Å². The molecule has 0 atom stereocenters. The molecule has 1 aliphatic heterocycles. The van der Waals surface area contributed by atoms with Crippen molar-refractivity contribution in [1.29, 1.82) is 0 Å². The lowest BCUT2D eigenvalue weighted by atomic mass is 10.0. The first-order chi connectivity index (χ1) is 15.4. The highest BCUT2D eigenvalue weighted by Crippen LogP contribution is 2.31. The molecular formula is C22H16N4O4S2. The minimum absolute atomic E-state index is 0.0353. The van der Waals surface area contributed by atoms with Crippen LogP contribution in [0.5, 0.6) is 0 Å². The molecule has 0 bridgehead atoms. The van der Waals surface area contributed by atoms with E-state index >= 15 is 0 Å². The molecule has 0 saturated heterocycles. The minimum Gasteiger partial charge on any atom is -0.477 e. The zero-order chi connectivity index (χ0) is 22.3. The Morgan fingerprint density at radius 2 is 1.91 bits per heavy atom. The number of thiazole rings is 1. The van der Waals surface area contributed by atoms with Gasteiger partial charge in [-0.15, -0.1) is 0 Å². The van der Waals surface area contributed by atoms with Crippen LogP contribution in [0.15, 0.2) is 70.7 Å². The molecule has 2 aromatic carbocycles. The highest BCUT2D eigenvalue weighted by molar-refractivity contribution is 7.91. The number of nitrogens with zero attached hydrogens (tertiary/aromatic N) is 3. The number of carboxylic acids is 1. The van der Waals surface area contributed by atoms with Gasteiger partial charge in [-0.25, -0.2) is 23.2 Å². The number of aromatic nitrogens is 2. The van der Waals surface area contributed by atoms with Crippen molar-refractivity contribution in [2.24, 2.45) is 5.10 Å². The smallest absolute Gasteiger partial charge is 0.354 e. The molecule has 0 fully saturated rings. The van der Waals surface area contributed by atoms with Gasteiger partial charge in [0, 0.05) is 17.5 Å². The molecule has 32 heavy (non-hydrogen) atoms. The van der Waals surface area contributed by atoms with Crippen molar-refractivity contribution in [3.8, 4) is 11.3 Å². The second kappa shape index (κ2) is 7.81. The molecule has 0 unspecified atom stereocenters. The summed E-state index contributed by atoms with van der Waals surface area (Å²) < 4.78 is 26.3. The van der Waals surface area contributed by atoms with Crippen LogP contribution in [0.2, 0.25) is 0 Å². The van der Waals surface area contributed by atoms with Crippen LogP contribution < -0.4 is 5.43 Å². The maximum absolute atomic E-state index is 12.6. The van der Waals surface area contributed by atoms with E-state index in [-0.39, 0.29) is 22.8 Å². The van der Waals surface area contributed by atoms with E-state index in [4.69, 9.17) is 0 Å². The number of hydrogen-bond acceptors (Lipinski definition) is 8. The molecule has 0 aliphatic carbocycles. The fourth-order valence-electron chi connectivity index (χ4n) is 3.53. The van der Waals surface area contributed by atoms with Crippen molar-refractivity contribution in [2.45, 2.75) is 11.3 Å². The average molecular weight is 465 g/mol. The Morgan fingerprint density at radius 3 is 2.72 bits per heavy atom. The number of fused-ring (bicyclic) bond motifs is 2. The number of para-hydroxylation sites is 1.